The van der Waals surface area contributed by atoms with E-state index in [2.05, 4.69) is 5.32 Å². The van der Waals surface area contributed by atoms with Crippen molar-refractivity contribution in [1.29, 1.82) is 5.26 Å². The first-order valence-electron chi connectivity index (χ1n) is 10.9. The van der Waals surface area contributed by atoms with E-state index in [1.54, 1.807) is 6.07 Å². The molecule has 1 aliphatic rings. The van der Waals surface area contributed by atoms with Gasteiger partial charge in [-0.3, -0.25) is 4.79 Å². The Balaban J connectivity index is 2.08. The molecule has 1 aliphatic carbocycles. The summed E-state index contributed by atoms with van der Waals surface area (Å²) in [5, 5.41) is 11.6. The molecule has 2 aromatic rings. The summed E-state index contributed by atoms with van der Waals surface area (Å²) in [4.78, 5) is 12.0. The fraction of sp³-hybridized carbons (Fsp3) is 0.417. The predicted octanol–water partition coefficient (Wildman–Crippen LogP) is 5.61. The van der Waals surface area contributed by atoms with Crippen LogP contribution in [0.3, 0.4) is 0 Å². The van der Waals surface area contributed by atoms with Gasteiger partial charge in [-0.25, -0.2) is 17.2 Å². The highest BCUT2D eigenvalue weighted by Crippen LogP contribution is 2.55. The summed E-state index contributed by atoms with van der Waals surface area (Å²) < 4.78 is 132. The zero-order valence-corrected chi connectivity index (χ0v) is 20.5. The van der Waals surface area contributed by atoms with Gasteiger partial charge in [0.15, 0.2) is 9.84 Å². The topological polar surface area (TPSA) is 87.0 Å². The highest BCUT2D eigenvalue weighted by molar-refractivity contribution is 7.92. The van der Waals surface area contributed by atoms with E-state index < -0.39 is 66.2 Å². The maximum atomic E-state index is 14.5. The van der Waals surface area contributed by atoms with E-state index in [-0.39, 0.29) is 30.5 Å². The molecule has 1 amide bonds. The van der Waals surface area contributed by atoms with Crippen molar-refractivity contribution in [2.24, 2.45) is 5.41 Å². The molecule has 0 unspecified atom stereocenters. The predicted molar refractivity (Wildman–Crippen MR) is 117 cm³/mol. The molecule has 0 saturated heterocycles. The monoisotopic (exact) mass is 568 g/mol. The average Bonchev–Trinajstić information content (AvgIpc) is 2.79. The molecule has 0 radical (unpaired) electrons. The maximum Gasteiger partial charge on any atom is 0.435 e. The van der Waals surface area contributed by atoms with Gasteiger partial charge in [-0.15, -0.1) is 0 Å². The third-order valence-electron chi connectivity index (χ3n) is 6.56. The van der Waals surface area contributed by atoms with Gasteiger partial charge in [0.2, 0.25) is 5.91 Å². The minimum Gasteiger partial charge on any atom is -0.352 e. The van der Waals surface area contributed by atoms with E-state index in [9.17, 15) is 48.3 Å². The van der Waals surface area contributed by atoms with Crippen molar-refractivity contribution in [3.8, 4) is 6.07 Å². The van der Waals surface area contributed by atoms with Crippen molar-refractivity contribution in [3.05, 3.63) is 65.5 Å². The van der Waals surface area contributed by atoms with E-state index >= 15 is 0 Å². The van der Waals surface area contributed by atoms with Crippen molar-refractivity contribution in [2.45, 2.75) is 60.4 Å². The first kappa shape index (κ1) is 29.3. The summed E-state index contributed by atoms with van der Waals surface area (Å²) in [6.07, 6.45) is -13.5. The highest BCUT2D eigenvalue weighted by Gasteiger charge is 2.73. The van der Waals surface area contributed by atoms with Crippen molar-refractivity contribution < 1.29 is 48.3 Å². The SMILES string of the molecule is CC(C)(C#N)C(=O)NC1CC(c2ccc(C(F)(C(F)(F)F)C(F)(F)F)cc2)(S(=O)(=O)c2ccc(F)cc2)C1. The van der Waals surface area contributed by atoms with Crippen molar-refractivity contribution in [1.82, 2.24) is 5.32 Å². The molecule has 0 aliphatic heterocycles. The first-order valence-corrected chi connectivity index (χ1v) is 12.4. The van der Waals surface area contributed by atoms with Crippen LogP contribution in [0.25, 0.3) is 0 Å². The number of rotatable bonds is 6. The van der Waals surface area contributed by atoms with Crippen molar-refractivity contribution >= 4 is 15.7 Å². The number of benzene rings is 2. The van der Waals surface area contributed by atoms with Crippen LogP contribution in [-0.4, -0.2) is 32.7 Å². The summed E-state index contributed by atoms with van der Waals surface area (Å²) in [6.45, 7) is 2.62. The Labute approximate surface area is 212 Å². The van der Waals surface area contributed by atoms with Gasteiger partial charge in [-0.1, -0.05) is 24.3 Å². The number of amides is 1. The van der Waals surface area contributed by atoms with Gasteiger partial charge in [0.1, 0.15) is 16.0 Å². The number of nitriles is 1. The number of sulfone groups is 1. The Morgan fingerprint density at radius 3 is 1.82 bits per heavy atom. The zero-order valence-electron chi connectivity index (χ0n) is 19.7. The minimum atomic E-state index is -6.36. The van der Waals surface area contributed by atoms with Gasteiger partial charge in [0.25, 0.3) is 0 Å². The van der Waals surface area contributed by atoms with Crippen LogP contribution in [0.15, 0.2) is 53.4 Å². The molecule has 206 valence electrons. The number of halogens is 8. The molecule has 14 heteroatoms. The second-order valence-electron chi connectivity index (χ2n) is 9.50. The summed E-state index contributed by atoms with van der Waals surface area (Å²) >= 11 is 0. The number of alkyl halides is 7. The number of nitrogens with one attached hydrogen (secondary N) is 1. The van der Waals surface area contributed by atoms with E-state index in [1.165, 1.54) is 13.8 Å². The molecule has 0 atom stereocenters. The Kier molecular flexibility index (Phi) is 7.12. The number of nitrogens with zero attached hydrogens (tertiary/aromatic N) is 1. The maximum absolute atomic E-state index is 14.5. The lowest BCUT2D eigenvalue weighted by Crippen LogP contribution is -2.58. The Hall–Kier alpha value is -3.21. The summed E-state index contributed by atoms with van der Waals surface area (Å²) in [5.41, 5.74) is -9.24. The first-order chi connectivity index (χ1) is 17.2. The fourth-order valence-electron chi connectivity index (χ4n) is 4.20. The van der Waals surface area contributed by atoms with Crippen molar-refractivity contribution in [2.75, 3.05) is 0 Å². The number of hydrogen-bond acceptors (Lipinski definition) is 4. The molecule has 2 aromatic carbocycles. The molecule has 1 saturated carbocycles. The van der Waals surface area contributed by atoms with Crippen LogP contribution < -0.4 is 5.32 Å². The smallest absolute Gasteiger partial charge is 0.352 e. The number of carbonyl (C=O) groups is 1. The van der Waals surface area contributed by atoms with Crippen LogP contribution in [0.4, 0.5) is 35.1 Å². The van der Waals surface area contributed by atoms with Gasteiger partial charge in [-0.2, -0.15) is 31.6 Å². The second kappa shape index (κ2) is 9.21. The normalized spacial score (nSPS) is 20.8. The quantitative estimate of drug-likeness (QED) is 0.363. The number of carbonyl (C=O) groups excluding carboxylic acids is 1. The minimum absolute atomic E-state index is 0.211. The van der Waals surface area contributed by atoms with Gasteiger partial charge >= 0.3 is 18.0 Å². The number of hydrogen-bond donors (Lipinski definition) is 1. The lowest BCUT2D eigenvalue weighted by atomic mass is 9.73. The Bertz CT molecular complexity index is 1340. The van der Waals surface area contributed by atoms with Gasteiger partial charge in [-0.05, 0) is 56.5 Å². The molecule has 5 nitrogen and oxygen atoms in total. The zero-order chi connectivity index (χ0) is 28.9. The standard InChI is InChI=1S/C24H20F8N2O3S/c1-20(2,13-33)19(35)34-17-11-21(12-17,38(36,37)18-9-7-16(25)8-10-18)14-3-5-15(6-4-14)22(26,23(27,28)29)24(30,31)32/h3-10,17H,11-12H2,1-2H3,(H,34,35). The van der Waals surface area contributed by atoms with E-state index in [0.717, 1.165) is 24.3 Å². The molecular formula is C24H20F8N2O3S. The second-order valence-corrected chi connectivity index (χ2v) is 11.8. The third-order valence-corrected chi connectivity index (χ3v) is 9.05. The summed E-state index contributed by atoms with van der Waals surface area (Å²) in [5.74, 6) is -1.50. The van der Waals surface area contributed by atoms with E-state index in [0.29, 0.717) is 12.1 Å². The van der Waals surface area contributed by atoms with Crippen LogP contribution >= 0.6 is 0 Å². The molecule has 0 spiro atoms. The molecule has 0 bridgehead atoms. The molecule has 0 heterocycles. The van der Waals surface area contributed by atoms with Gasteiger partial charge in [0, 0.05) is 11.6 Å². The van der Waals surface area contributed by atoms with E-state index in [4.69, 9.17) is 5.26 Å². The molecule has 0 aromatic heterocycles. The lowest BCUT2D eigenvalue weighted by Gasteiger charge is -2.48. The van der Waals surface area contributed by atoms with E-state index in [1.807, 2.05) is 0 Å². The molecule has 1 fully saturated rings. The highest BCUT2D eigenvalue weighted by atomic mass is 32.2. The van der Waals surface area contributed by atoms with Crippen LogP contribution in [0.2, 0.25) is 0 Å². The van der Waals surface area contributed by atoms with Gasteiger partial charge in [0.05, 0.1) is 11.0 Å². The lowest BCUT2D eigenvalue weighted by molar-refractivity contribution is -0.348. The van der Waals surface area contributed by atoms with Crippen LogP contribution in [0.5, 0.6) is 0 Å². The van der Waals surface area contributed by atoms with Gasteiger partial charge < -0.3 is 5.32 Å². The van der Waals surface area contributed by atoms with Crippen LogP contribution in [0.1, 0.15) is 37.8 Å². The van der Waals surface area contributed by atoms with Crippen LogP contribution in [0, 0.1) is 22.6 Å². The molecule has 38 heavy (non-hydrogen) atoms. The van der Waals surface area contributed by atoms with Crippen molar-refractivity contribution in [3.63, 3.8) is 0 Å². The Morgan fingerprint density at radius 2 is 1.39 bits per heavy atom. The molecule has 3 rings (SSSR count). The fourth-order valence-corrected chi connectivity index (χ4v) is 6.43. The summed E-state index contributed by atoms with van der Waals surface area (Å²) in [6, 6.07) is 6.23. The third kappa shape index (κ3) is 4.61. The Morgan fingerprint density at radius 1 is 0.921 bits per heavy atom. The molecule has 1 N–H and O–H groups in total. The largest absolute Gasteiger partial charge is 0.435 e. The molecular weight excluding hydrogens is 548 g/mol. The van der Waals surface area contributed by atoms with Crippen LogP contribution in [-0.2, 0) is 25.0 Å². The summed E-state index contributed by atoms with van der Waals surface area (Å²) in [7, 11) is -4.47. The average molecular weight is 568 g/mol.